The van der Waals surface area contributed by atoms with E-state index in [-0.39, 0.29) is 6.42 Å². The van der Waals surface area contributed by atoms with Gasteiger partial charge in [0.1, 0.15) is 5.75 Å². The first-order valence-corrected chi connectivity index (χ1v) is 7.61. The first-order chi connectivity index (χ1) is 11.2. The van der Waals surface area contributed by atoms with Gasteiger partial charge in [0.25, 0.3) is 0 Å². The second-order valence-electron chi connectivity index (χ2n) is 4.27. The van der Waals surface area contributed by atoms with Crippen molar-refractivity contribution in [2.75, 3.05) is 7.11 Å². The van der Waals surface area contributed by atoms with Crippen molar-refractivity contribution in [3.8, 4) is 5.75 Å². The molecule has 0 aromatic heterocycles. The van der Waals surface area contributed by atoms with Crippen LogP contribution in [0.15, 0.2) is 48.6 Å². The van der Waals surface area contributed by atoms with E-state index in [9.17, 15) is 9.32 Å². The average Bonchev–Trinajstić information content (AvgIpc) is 2.63. The molecular weight excluding hydrogens is 295 g/mol. The lowest BCUT2D eigenvalue weighted by atomic mass is 10.0. The van der Waals surface area contributed by atoms with Crippen LogP contribution in [0.3, 0.4) is 0 Å². The summed E-state index contributed by atoms with van der Waals surface area (Å²) in [6.07, 6.45) is 3.90. The van der Waals surface area contributed by atoms with Crippen LogP contribution in [0.4, 0.5) is 4.53 Å². The molecule has 0 aliphatic heterocycles. The molecule has 2 rings (SSSR count). The van der Waals surface area contributed by atoms with Crippen LogP contribution >= 0.6 is 0 Å². The fourth-order valence-corrected chi connectivity index (χ4v) is 1.86. The van der Waals surface area contributed by atoms with E-state index in [0.29, 0.717) is 5.56 Å². The third kappa shape index (κ3) is 6.51. The number of rotatable bonds is 3. The molecule has 0 aliphatic carbocycles. The first kappa shape index (κ1) is 20.6. The van der Waals surface area contributed by atoms with E-state index in [4.69, 9.17) is 4.74 Å². The molecule has 0 radical (unpaired) electrons. The number of fused-ring (bicyclic) bond motifs is 1. The predicted octanol–water partition coefficient (Wildman–Crippen LogP) is 5.43. The largest absolute Gasteiger partial charge is 0.496 e. The van der Waals surface area contributed by atoms with Gasteiger partial charge in [-0.2, -0.15) is 0 Å². The molecule has 4 heteroatoms. The molecule has 0 heterocycles. The molecule has 0 aliphatic rings. The van der Waals surface area contributed by atoms with E-state index >= 15 is 0 Å². The van der Waals surface area contributed by atoms with Gasteiger partial charge in [0, 0.05) is 9.91 Å². The molecule has 2 aromatic rings. The normalized spacial score (nSPS) is 9.48. The van der Waals surface area contributed by atoms with Gasteiger partial charge < -0.3 is 4.74 Å². The number of methoxy groups -OCH3 is 1. The van der Waals surface area contributed by atoms with Gasteiger partial charge in [-0.15, -0.1) is 0 Å². The Morgan fingerprint density at radius 2 is 1.61 bits per heavy atom. The standard InChI is InChI=1S/C13H11FO3.C4H8.C2H6/c1-16-12-7-3-5-10-9(8-13(15)17-14)4-2-6-11(10)12;1-3-4-2;1-2/h2-7H,8H2,1H3;3-4H,1-2H3;1-2H3/b;4-3-;. The molecule has 0 atom stereocenters. The van der Waals surface area contributed by atoms with Crippen molar-refractivity contribution >= 4 is 16.7 Å². The van der Waals surface area contributed by atoms with E-state index in [1.54, 1.807) is 19.2 Å². The zero-order valence-electron chi connectivity index (χ0n) is 14.4. The van der Waals surface area contributed by atoms with Crippen LogP contribution in [0.1, 0.15) is 33.3 Å². The molecule has 0 N–H and O–H groups in total. The van der Waals surface area contributed by atoms with Crippen molar-refractivity contribution in [3.05, 3.63) is 54.1 Å². The van der Waals surface area contributed by atoms with Gasteiger partial charge in [0.15, 0.2) is 0 Å². The van der Waals surface area contributed by atoms with Crippen molar-refractivity contribution < 1.29 is 19.0 Å². The maximum atomic E-state index is 11.7. The second-order valence-corrected chi connectivity index (χ2v) is 4.27. The van der Waals surface area contributed by atoms with Crippen molar-refractivity contribution in [3.63, 3.8) is 0 Å². The van der Waals surface area contributed by atoms with Gasteiger partial charge >= 0.3 is 5.97 Å². The van der Waals surface area contributed by atoms with Crippen LogP contribution in [-0.4, -0.2) is 13.1 Å². The highest BCUT2D eigenvalue weighted by Crippen LogP contribution is 2.28. The molecule has 23 heavy (non-hydrogen) atoms. The number of benzene rings is 2. The topological polar surface area (TPSA) is 35.5 Å². The number of halogens is 1. The number of carbonyl (C=O) groups excluding carboxylic acids is 1. The summed E-state index contributed by atoms with van der Waals surface area (Å²) < 4.78 is 17.0. The summed E-state index contributed by atoms with van der Waals surface area (Å²) in [6, 6.07) is 11.0. The minimum absolute atomic E-state index is 0.0962. The lowest BCUT2D eigenvalue weighted by Crippen LogP contribution is -2.02. The molecule has 0 fully saturated rings. The highest BCUT2D eigenvalue weighted by atomic mass is 19.3. The van der Waals surface area contributed by atoms with Crippen LogP contribution in [-0.2, 0) is 16.2 Å². The van der Waals surface area contributed by atoms with Crippen molar-refractivity contribution in [1.29, 1.82) is 0 Å². The number of allylic oxidation sites excluding steroid dienone is 2. The summed E-state index contributed by atoms with van der Waals surface area (Å²) in [5.74, 6) is -0.182. The van der Waals surface area contributed by atoms with E-state index < -0.39 is 5.97 Å². The Morgan fingerprint density at radius 1 is 1.04 bits per heavy atom. The van der Waals surface area contributed by atoms with Crippen molar-refractivity contribution in [1.82, 2.24) is 0 Å². The third-order valence-corrected chi connectivity index (χ3v) is 2.95. The lowest BCUT2D eigenvalue weighted by Gasteiger charge is -2.08. The van der Waals surface area contributed by atoms with Gasteiger partial charge in [-0.1, -0.05) is 56.3 Å². The molecule has 2 aromatic carbocycles. The van der Waals surface area contributed by atoms with Crippen LogP contribution in [0.25, 0.3) is 10.8 Å². The maximum absolute atomic E-state index is 11.7. The van der Waals surface area contributed by atoms with Gasteiger partial charge in [0.05, 0.1) is 13.5 Å². The van der Waals surface area contributed by atoms with E-state index in [1.165, 1.54) is 0 Å². The second kappa shape index (κ2) is 12.2. The Balaban J connectivity index is 0.000000705. The Morgan fingerprint density at radius 3 is 2.13 bits per heavy atom. The van der Waals surface area contributed by atoms with Gasteiger partial charge in [0.2, 0.25) is 0 Å². The van der Waals surface area contributed by atoms with Crippen LogP contribution in [0.2, 0.25) is 0 Å². The summed E-state index contributed by atoms with van der Waals surface area (Å²) in [6.45, 7) is 8.00. The molecular formula is C19H25FO3. The Bertz CT molecular complexity index is 617. The predicted molar refractivity (Wildman–Crippen MR) is 93.2 cm³/mol. The SMILES string of the molecule is C/C=C\C.CC.COc1cccc2c(CC(=O)OF)cccc12. The third-order valence-electron chi connectivity index (χ3n) is 2.95. The van der Waals surface area contributed by atoms with Gasteiger partial charge in [-0.05, 0) is 30.9 Å². The monoisotopic (exact) mass is 320 g/mol. The minimum atomic E-state index is -0.902. The Hall–Kier alpha value is -2.36. The van der Waals surface area contributed by atoms with Gasteiger partial charge in [-0.3, -0.25) is 4.94 Å². The summed E-state index contributed by atoms with van der Waals surface area (Å²) in [5.41, 5.74) is 0.712. The number of hydrogen-bond donors (Lipinski definition) is 0. The van der Waals surface area contributed by atoms with Crippen molar-refractivity contribution in [2.24, 2.45) is 0 Å². The smallest absolute Gasteiger partial charge is 0.353 e. The summed E-state index contributed by atoms with van der Waals surface area (Å²) in [7, 11) is 1.58. The summed E-state index contributed by atoms with van der Waals surface area (Å²) in [5, 5.41) is 1.75. The number of ether oxygens (including phenoxy) is 1. The minimum Gasteiger partial charge on any atom is -0.496 e. The zero-order chi connectivity index (χ0) is 17.7. The van der Waals surface area contributed by atoms with E-state index in [0.717, 1.165) is 16.5 Å². The van der Waals surface area contributed by atoms with Crippen molar-refractivity contribution in [2.45, 2.75) is 34.1 Å². The zero-order valence-corrected chi connectivity index (χ0v) is 14.4. The fraction of sp³-hybridized carbons (Fsp3) is 0.316. The van der Waals surface area contributed by atoms with Crippen LogP contribution in [0, 0.1) is 0 Å². The molecule has 0 saturated heterocycles. The fourth-order valence-electron chi connectivity index (χ4n) is 1.86. The quantitative estimate of drug-likeness (QED) is 0.708. The van der Waals surface area contributed by atoms with E-state index in [1.807, 2.05) is 64.1 Å². The van der Waals surface area contributed by atoms with E-state index in [2.05, 4.69) is 4.94 Å². The Labute approximate surface area is 137 Å². The molecule has 126 valence electrons. The number of hydrogen-bond acceptors (Lipinski definition) is 3. The molecule has 3 nitrogen and oxygen atoms in total. The highest BCUT2D eigenvalue weighted by molar-refractivity contribution is 5.93. The Kier molecular flexibility index (Phi) is 11.0. The maximum Gasteiger partial charge on any atom is 0.353 e. The summed E-state index contributed by atoms with van der Waals surface area (Å²) in [4.78, 5) is 14.1. The summed E-state index contributed by atoms with van der Waals surface area (Å²) >= 11 is 0. The number of carbonyl (C=O) groups is 1. The molecule has 0 saturated carbocycles. The molecule has 0 unspecified atom stereocenters. The van der Waals surface area contributed by atoms with Gasteiger partial charge in [-0.25, -0.2) is 4.79 Å². The van der Waals surface area contributed by atoms with Crippen LogP contribution < -0.4 is 4.74 Å². The lowest BCUT2D eigenvalue weighted by molar-refractivity contribution is -0.182. The first-order valence-electron chi connectivity index (χ1n) is 7.61. The van der Waals surface area contributed by atoms with Crippen LogP contribution in [0.5, 0.6) is 5.75 Å². The molecule has 0 spiro atoms. The molecule has 0 amide bonds. The highest BCUT2D eigenvalue weighted by Gasteiger charge is 2.10. The average molecular weight is 320 g/mol. The molecule has 0 bridgehead atoms.